The molecule has 2 unspecified atom stereocenters. The van der Waals surface area contributed by atoms with Gasteiger partial charge in [-0.25, -0.2) is 24.0 Å². The fraction of sp³-hybridized carbons (Fsp3) is 0.303. The quantitative estimate of drug-likeness (QED) is 0.169. The molecule has 3 aromatic heterocycles. The SMILES string of the molecule is CCCNc1c(CN)cccc1-c1cccc(NC2CC(C(=O)NC)N(c3ncnc4c3cnn4-c3ccc(F)cc3OC)C2)n1. The Morgan fingerprint density at radius 3 is 2.78 bits per heavy atom. The molecule has 1 fully saturated rings. The lowest BCUT2D eigenvalue weighted by atomic mass is 10.0. The number of benzene rings is 2. The molecule has 1 aliphatic rings. The van der Waals surface area contributed by atoms with Gasteiger partial charge in [-0.2, -0.15) is 5.10 Å². The number of nitrogens with zero attached hydrogens (tertiary/aromatic N) is 6. The highest BCUT2D eigenvalue weighted by Crippen LogP contribution is 2.34. The molecular formula is C33H37FN10O2. The summed E-state index contributed by atoms with van der Waals surface area (Å²) in [6, 6.07) is 15.6. The Hall–Kier alpha value is -5.30. The smallest absolute Gasteiger partial charge is 0.242 e. The van der Waals surface area contributed by atoms with Crippen LogP contribution in [0.15, 0.2) is 67.1 Å². The zero-order valence-electron chi connectivity index (χ0n) is 26.0. The summed E-state index contributed by atoms with van der Waals surface area (Å²) >= 11 is 0. The van der Waals surface area contributed by atoms with E-state index in [-0.39, 0.29) is 11.9 Å². The number of halogens is 1. The average Bonchev–Trinajstić information content (AvgIpc) is 3.71. The Morgan fingerprint density at radius 1 is 1.15 bits per heavy atom. The number of carbonyl (C=O) groups is 1. The molecule has 4 heterocycles. The van der Waals surface area contributed by atoms with E-state index in [1.807, 2.05) is 41.3 Å². The molecule has 0 spiro atoms. The third kappa shape index (κ3) is 5.88. The highest BCUT2D eigenvalue weighted by molar-refractivity contribution is 5.92. The Bertz CT molecular complexity index is 1860. The number of methoxy groups -OCH3 is 1. The lowest BCUT2D eigenvalue weighted by Crippen LogP contribution is -2.42. The van der Waals surface area contributed by atoms with Crippen LogP contribution >= 0.6 is 0 Å². The van der Waals surface area contributed by atoms with E-state index in [4.69, 9.17) is 15.5 Å². The molecule has 2 aromatic carbocycles. The fourth-order valence-electron chi connectivity index (χ4n) is 5.97. The summed E-state index contributed by atoms with van der Waals surface area (Å²) in [5, 5.41) is 15.1. The number of ether oxygens (including phenoxy) is 1. The minimum atomic E-state index is -0.501. The number of aromatic nitrogens is 5. The van der Waals surface area contributed by atoms with Crippen molar-refractivity contribution in [3.8, 4) is 22.7 Å². The second-order valence-electron chi connectivity index (χ2n) is 11.0. The second-order valence-corrected chi connectivity index (χ2v) is 11.0. The molecule has 5 N–H and O–H groups in total. The molecule has 46 heavy (non-hydrogen) atoms. The maximum atomic E-state index is 13.9. The van der Waals surface area contributed by atoms with Gasteiger partial charge >= 0.3 is 0 Å². The number of hydrogen-bond acceptors (Lipinski definition) is 10. The summed E-state index contributed by atoms with van der Waals surface area (Å²) in [6.45, 7) is 3.85. The van der Waals surface area contributed by atoms with Crippen molar-refractivity contribution in [3.05, 3.63) is 78.5 Å². The molecule has 0 bridgehead atoms. The number of amides is 1. The van der Waals surface area contributed by atoms with Crippen molar-refractivity contribution in [3.63, 3.8) is 0 Å². The molecule has 5 aromatic rings. The standard InChI is InChI=1S/C33H37FN10O2/c1-4-13-37-30-20(16-35)7-5-8-23(30)25-9-6-10-29(42-25)41-22-15-27(33(45)36-2)43(18-22)31-24-17-40-44(32(24)39-19-38-31)26-12-11-21(34)14-28(26)46-3/h5-12,14,17,19,22,27,37H,4,13,15-16,18,35H2,1-3H3,(H,36,45)(H,41,42). The Morgan fingerprint density at radius 2 is 2.00 bits per heavy atom. The molecule has 13 heteroatoms. The van der Waals surface area contributed by atoms with E-state index >= 15 is 0 Å². The minimum absolute atomic E-state index is 0.115. The molecule has 0 saturated carbocycles. The van der Waals surface area contributed by atoms with E-state index in [0.29, 0.717) is 53.6 Å². The molecule has 6 rings (SSSR count). The Balaban J connectivity index is 1.30. The molecule has 0 radical (unpaired) electrons. The van der Waals surface area contributed by atoms with Gasteiger partial charge in [0.05, 0.1) is 24.4 Å². The monoisotopic (exact) mass is 624 g/mol. The number of nitrogens with one attached hydrogen (secondary N) is 3. The Kier molecular flexibility index (Phi) is 8.92. The number of hydrogen-bond donors (Lipinski definition) is 4. The largest absolute Gasteiger partial charge is 0.494 e. The lowest BCUT2D eigenvalue weighted by molar-refractivity contribution is -0.121. The van der Waals surface area contributed by atoms with E-state index < -0.39 is 11.9 Å². The molecule has 1 saturated heterocycles. The first-order valence-electron chi connectivity index (χ1n) is 15.3. The average molecular weight is 625 g/mol. The van der Waals surface area contributed by atoms with E-state index in [9.17, 15) is 9.18 Å². The van der Waals surface area contributed by atoms with Crippen LogP contribution in [-0.2, 0) is 11.3 Å². The predicted molar refractivity (Wildman–Crippen MR) is 177 cm³/mol. The van der Waals surface area contributed by atoms with Crippen LogP contribution in [0.1, 0.15) is 25.3 Å². The third-order valence-electron chi connectivity index (χ3n) is 8.14. The van der Waals surface area contributed by atoms with Crippen molar-refractivity contribution in [1.29, 1.82) is 0 Å². The van der Waals surface area contributed by atoms with Crippen molar-refractivity contribution in [2.45, 2.75) is 38.4 Å². The number of nitrogens with two attached hydrogens (primary N) is 1. The van der Waals surface area contributed by atoms with Gasteiger partial charge in [0.2, 0.25) is 5.91 Å². The van der Waals surface area contributed by atoms with Crippen LogP contribution in [0.25, 0.3) is 28.0 Å². The van der Waals surface area contributed by atoms with Gasteiger partial charge in [-0.1, -0.05) is 31.2 Å². The van der Waals surface area contributed by atoms with Gasteiger partial charge in [0.1, 0.15) is 41.3 Å². The first-order chi connectivity index (χ1) is 22.4. The minimum Gasteiger partial charge on any atom is -0.494 e. The highest BCUT2D eigenvalue weighted by atomic mass is 19.1. The molecule has 1 aliphatic heterocycles. The molecular weight excluding hydrogens is 587 g/mol. The van der Waals surface area contributed by atoms with Crippen LogP contribution in [-0.4, -0.2) is 70.0 Å². The normalized spacial score (nSPS) is 16.1. The van der Waals surface area contributed by atoms with Crippen LogP contribution in [0, 0.1) is 5.82 Å². The summed E-state index contributed by atoms with van der Waals surface area (Å²) in [5.41, 5.74) is 10.9. The summed E-state index contributed by atoms with van der Waals surface area (Å²) in [5.74, 6) is 1.03. The zero-order chi connectivity index (χ0) is 32.2. The first kappa shape index (κ1) is 30.7. The molecule has 0 aliphatic carbocycles. The maximum absolute atomic E-state index is 13.9. The van der Waals surface area contributed by atoms with Crippen LogP contribution < -0.4 is 31.3 Å². The van der Waals surface area contributed by atoms with E-state index in [1.165, 1.54) is 25.6 Å². The number of fused-ring (bicyclic) bond motifs is 1. The van der Waals surface area contributed by atoms with Crippen molar-refractivity contribution < 1.29 is 13.9 Å². The number of pyridine rings is 1. The Labute approximate surface area is 266 Å². The van der Waals surface area contributed by atoms with Crippen LogP contribution in [0.4, 0.5) is 21.7 Å². The van der Waals surface area contributed by atoms with Gasteiger partial charge in [-0.05, 0) is 42.7 Å². The van der Waals surface area contributed by atoms with Crippen molar-refractivity contribution >= 4 is 34.3 Å². The lowest BCUT2D eigenvalue weighted by Gasteiger charge is -2.24. The highest BCUT2D eigenvalue weighted by Gasteiger charge is 2.38. The van der Waals surface area contributed by atoms with Crippen molar-refractivity contribution in [1.82, 2.24) is 30.0 Å². The number of anilines is 3. The summed E-state index contributed by atoms with van der Waals surface area (Å²) in [6.07, 6.45) is 4.60. The van der Waals surface area contributed by atoms with Crippen LogP contribution in [0.5, 0.6) is 5.75 Å². The van der Waals surface area contributed by atoms with Gasteiger partial charge < -0.3 is 31.3 Å². The van der Waals surface area contributed by atoms with E-state index in [0.717, 1.165) is 35.5 Å². The van der Waals surface area contributed by atoms with Gasteiger partial charge in [0.15, 0.2) is 5.65 Å². The third-order valence-corrected chi connectivity index (χ3v) is 8.14. The van der Waals surface area contributed by atoms with Crippen molar-refractivity contribution in [2.75, 3.05) is 42.8 Å². The summed E-state index contributed by atoms with van der Waals surface area (Å²) < 4.78 is 20.9. The number of rotatable bonds is 11. The number of carbonyl (C=O) groups excluding carboxylic acids is 1. The molecule has 12 nitrogen and oxygen atoms in total. The van der Waals surface area contributed by atoms with Gasteiger partial charge in [-0.15, -0.1) is 0 Å². The number of likely N-dealkylation sites (N-methyl/N-ethyl adjacent to an activating group) is 1. The van der Waals surface area contributed by atoms with E-state index in [1.54, 1.807) is 24.0 Å². The first-order valence-corrected chi connectivity index (χ1v) is 15.3. The molecule has 1 amide bonds. The number of para-hydroxylation sites is 1. The van der Waals surface area contributed by atoms with Crippen LogP contribution in [0.2, 0.25) is 0 Å². The predicted octanol–water partition coefficient (Wildman–Crippen LogP) is 4.11. The van der Waals surface area contributed by atoms with Gasteiger partial charge in [0, 0.05) is 50.0 Å². The van der Waals surface area contributed by atoms with E-state index in [2.05, 4.69) is 37.9 Å². The maximum Gasteiger partial charge on any atom is 0.242 e. The molecule has 238 valence electrons. The topological polar surface area (TPSA) is 148 Å². The molecule has 2 atom stereocenters. The van der Waals surface area contributed by atoms with Crippen molar-refractivity contribution in [2.24, 2.45) is 5.73 Å². The zero-order valence-corrected chi connectivity index (χ0v) is 26.0. The fourth-order valence-corrected chi connectivity index (χ4v) is 5.97. The van der Waals surface area contributed by atoms with Gasteiger partial charge in [-0.3, -0.25) is 4.79 Å². The second kappa shape index (κ2) is 13.4. The van der Waals surface area contributed by atoms with Gasteiger partial charge in [0.25, 0.3) is 0 Å². The summed E-state index contributed by atoms with van der Waals surface area (Å²) in [4.78, 5) is 29.2. The summed E-state index contributed by atoms with van der Waals surface area (Å²) in [7, 11) is 3.10. The van der Waals surface area contributed by atoms with Crippen LogP contribution in [0.3, 0.4) is 0 Å².